The molecule has 0 spiro atoms. The monoisotopic (exact) mass is 201 g/mol. The van der Waals surface area contributed by atoms with E-state index < -0.39 is 0 Å². The molecular weight excluding hydrogens is 190 g/mol. The van der Waals surface area contributed by atoms with Gasteiger partial charge in [0.1, 0.15) is 0 Å². The van der Waals surface area contributed by atoms with Crippen LogP contribution in [0.2, 0.25) is 0 Å². The third-order valence-electron chi connectivity index (χ3n) is 2.17. The Labute approximate surface area is 79.3 Å². The Morgan fingerprint density at radius 1 is 1.69 bits per heavy atom. The molecule has 0 bridgehead atoms. The van der Waals surface area contributed by atoms with Crippen molar-refractivity contribution in [3.63, 3.8) is 0 Å². The second kappa shape index (κ2) is 3.47. The highest BCUT2D eigenvalue weighted by Crippen LogP contribution is 2.14. The summed E-state index contributed by atoms with van der Waals surface area (Å²) < 4.78 is 6.49. The first-order valence-electron chi connectivity index (χ1n) is 4.25. The SMILES string of the molecule is O=c1[nH]snc1N1CCC[C@@H](O)C1. The number of hydrogen-bond acceptors (Lipinski definition) is 5. The van der Waals surface area contributed by atoms with Gasteiger partial charge < -0.3 is 10.0 Å². The maximum Gasteiger partial charge on any atom is 0.302 e. The van der Waals surface area contributed by atoms with E-state index in [1.54, 1.807) is 0 Å². The highest BCUT2D eigenvalue weighted by atomic mass is 32.1. The molecule has 0 amide bonds. The molecule has 0 saturated carbocycles. The molecule has 2 heterocycles. The fourth-order valence-electron chi connectivity index (χ4n) is 1.54. The van der Waals surface area contributed by atoms with Crippen LogP contribution in [-0.4, -0.2) is 33.0 Å². The number of β-amino-alcohol motifs (C(OH)–C–C–N with tert-alkyl or cyclic N) is 1. The molecule has 2 rings (SSSR count). The highest BCUT2D eigenvalue weighted by molar-refractivity contribution is 6.99. The number of anilines is 1. The van der Waals surface area contributed by atoms with E-state index in [0.29, 0.717) is 12.4 Å². The molecule has 1 atom stereocenters. The summed E-state index contributed by atoms with van der Waals surface area (Å²) in [5.74, 6) is 0.448. The summed E-state index contributed by atoms with van der Waals surface area (Å²) in [6.45, 7) is 1.33. The Hall–Kier alpha value is -0.880. The molecule has 13 heavy (non-hydrogen) atoms. The van der Waals surface area contributed by atoms with Crippen LogP contribution in [0.3, 0.4) is 0 Å². The van der Waals surface area contributed by atoms with Gasteiger partial charge >= 0.3 is 5.56 Å². The molecular formula is C7H11N3O2S. The summed E-state index contributed by atoms with van der Waals surface area (Å²) in [5.41, 5.74) is -0.154. The van der Waals surface area contributed by atoms with Crippen LogP contribution < -0.4 is 10.5 Å². The first kappa shape index (κ1) is 8.71. The van der Waals surface area contributed by atoms with Gasteiger partial charge in [0.15, 0.2) is 0 Å². The third kappa shape index (κ3) is 1.73. The molecule has 1 aliphatic rings. The van der Waals surface area contributed by atoms with Gasteiger partial charge in [0.2, 0.25) is 5.82 Å². The summed E-state index contributed by atoms with van der Waals surface area (Å²) in [7, 11) is 0. The predicted octanol–water partition coefficient (Wildman–Crippen LogP) is -0.208. The molecule has 2 N–H and O–H groups in total. The second-order valence-electron chi connectivity index (χ2n) is 3.18. The van der Waals surface area contributed by atoms with Crippen molar-refractivity contribution < 1.29 is 5.11 Å². The Morgan fingerprint density at radius 3 is 3.15 bits per heavy atom. The number of nitrogens with one attached hydrogen (secondary N) is 1. The van der Waals surface area contributed by atoms with Crippen LogP contribution >= 0.6 is 11.7 Å². The van der Waals surface area contributed by atoms with Crippen LogP contribution in [-0.2, 0) is 0 Å². The predicted molar refractivity (Wildman–Crippen MR) is 50.2 cm³/mol. The van der Waals surface area contributed by atoms with Crippen LogP contribution in [0.15, 0.2) is 4.79 Å². The van der Waals surface area contributed by atoms with Crippen molar-refractivity contribution in [1.29, 1.82) is 0 Å². The summed E-state index contributed by atoms with van der Waals surface area (Å²) in [6, 6.07) is 0. The molecule has 1 fully saturated rings. The average molecular weight is 201 g/mol. The van der Waals surface area contributed by atoms with Crippen molar-refractivity contribution >= 4 is 17.5 Å². The molecule has 6 heteroatoms. The van der Waals surface area contributed by atoms with E-state index in [4.69, 9.17) is 0 Å². The van der Waals surface area contributed by atoms with Gasteiger partial charge in [-0.3, -0.25) is 9.17 Å². The van der Waals surface area contributed by atoms with Crippen molar-refractivity contribution in [2.75, 3.05) is 18.0 Å². The molecule has 72 valence electrons. The molecule has 0 aliphatic carbocycles. The van der Waals surface area contributed by atoms with E-state index >= 15 is 0 Å². The number of aliphatic hydroxyl groups is 1. The minimum atomic E-state index is -0.324. The minimum absolute atomic E-state index is 0.154. The van der Waals surface area contributed by atoms with Crippen molar-refractivity contribution in [3.8, 4) is 0 Å². The molecule has 0 unspecified atom stereocenters. The Balaban J connectivity index is 2.17. The van der Waals surface area contributed by atoms with Crippen LogP contribution in [0.1, 0.15) is 12.8 Å². The first-order chi connectivity index (χ1) is 6.27. The lowest BCUT2D eigenvalue weighted by Crippen LogP contribution is -2.40. The summed E-state index contributed by atoms with van der Waals surface area (Å²) in [4.78, 5) is 13.0. The Kier molecular flexibility index (Phi) is 2.32. The van der Waals surface area contributed by atoms with Gasteiger partial charge in [0.25, 0.3) is 0 Å². The lowest BCUT2D eigenvalue weighted by molar-refractivity contribution is 0.154. The average Bonchev–Trinajstić information content (AvgIpc) is 2.51. The van der Waals surface area contributed by atoms with E-state index in [1.807, 2.05) is 4.90 Å². The summed E-state index contributed by atoms with van der Waals surface area (Å²) >= 11 is 1.05. The summed E-state index contributed by atoms with van der Waals surface area (Å²) in [5, 5.41) is 9.39. The van der Waals surface area contributed by atoms with Gasteiger partial charge in [0.05, 0.1) is 6.10 Å². The van der Waals surface area contributed by atoms with Crippen LogP contribution in [0.4, 0.5) is 5.82 Å². The largest absolute Gasteiger partial charge is 0.391 e. The van der Waals surface area contributed by atoms with Gasteiger partial charge in [-0.05, 0) is 12.8 Å². The molecule has 0 radical (unpaired) electrons. The lowest BCUT2D eigenvalue weighted by atomic mass is 10.1. The molecule has 1 saturated heterocycles. The maximum atomic E-state index is 11.2. The molecule has 1 aromatic heterocycles. The first-order valence-corrected chi connectivity index (χ1v) is 5.02. The Morgan fingerprint density at radius 2 is 2.54 bits per heavy atom. The fraction of sp³-hybridized carbons (Fsp3) is 0.714. The fourth-order valence-corrected chi connectivity index (χ4v) is 2.05. The summed E-state index contributed by atoms with van der Waals surface area (Å²) in [6.07, 6.45) is 1.41. The van der Waals surface area contributed by atoms with Gasteiger partial charge in [-0.1, -0.05) is 0 Å². The molecule has 0 aromatic carbocycles. The highest BCUT2D eigenvalue weighted by Gasteiger charge is 2.21. The normalized spacial score (nSPS) is 23.5. The number of piperidine rings is 1. The number of aromatic amines is 1. The zero-order valence-electron chi connectivity index (χ0n) is 7.06. The number of H-pyrrole nitrogens is 1. The standard InChI is InChI=1S/C7H11N3O2S/c11-5-2-1-3-10(4-5)6-7(12)9-13-8-6/h5,11H,1-4H2,(H,9,12)/t5-/m1/s1. The van der Waals surface area contributed by atoms with Crippen LogP contribution in [0.25, 0.3) is 0 Å². The Bertz CT molecular complexity index is 334. The zero-order chi connectivity index (χ0) is 9.26. The van der Waals surface area contributed by atoms with Crippen molar-refractivity contribution in [3.05, 3.63) is 10.4 Å². The number of hydrogen-bond donors (Lipinski definition) is 2. The minimum Gasteiger partial charge on any atom is -0.391 e. The van der Waals surface area contributed by atoms with Gasteiger partial charge in [-0.2, -0.15) is 4.37 Å². The third-order valence-corrected chi connectivity index (χ3v) is 2.71. The molecule has 5 nitrogen and oxygen atoms in total. The van der Waals surface area contributed by atoms with Crippen LogP contribution in [0.5, 0.6) is 0 Å². The smallest absolute Gasteiger partial charge is 0.302 e. The number of rotatable bonds is 1. The van der Waals surface area contributed by atoms with E-state index in [-0.39, 0.29) is 11.7 Å². The number of aromatic nitrogens is 2. The van der Waals surface area contributed by atoms with Crippen molar-refractivity contribution in [2.24, 2.45) is 0 Å². The van der Waals surface area contributed by atoms with E-state index in [9.17, 15) is 9.90 Å². The number of aliphatic hydroxyl groups excluding tert-OH is 1. The second-order valence-corrected chi connectivity index (χ2v) is 3.75. The zero-order valence-corrected chi connectivity index (χ0v) is 7.88. The molecule has 1 aliphatic heterocycles. The maximum absolute atomic E-state index is 11.2. The van der Waals surface area contributed by atoms with Gasteiger partial charge in [0, 0.05) is 24.8 Å². The van der Waals surface area contributed by atoms with Gasteiger partial charge in [-0.25, -0.2) is 0 Å². The quantitative estimate of drug-likeness (QED) is 0.660. The van der Waals surface area contributed by atoms with E-state index in [0.717, 1.165) is 31.1 Å². The topological polar surface area (TPSA) is 69.2 Å². The lowest BCUT2D eigenvalue weighted by Gasteiger charge is -2.29. The van der Waals surface area contributed by atoms with E-state index in [2.05, 4.69) is 8.75 Å². The van der Waals surface area contributed by atoms with Crippen molar-refractivity contribution in [1.82, 2.24) is 8.75 Å². The number of nitrogens with zero attached hydrogens (tertiary/aromatic N) is 2. The molecule has 1 aromatic rings. The van der Waals surface area contributed by atoms with E-state index in [1.165, 1.54) is 0 Å². The van der Waals surface area contributed by atoms with Crippen LogP contribution in [0, 0.1) is 0 Å². The van der Waals surface area contributed by atoms with Gasteiger partial charge in [-0.15, -0.1) is 0 Å². The van der Waals surface area contributed by atoms with Crippen molar-refractivity contribution in [2.45, 2.75) is 18.9 Å².